The summed E-state index contributed by atoms with van der Waals surface area (Å²) in [5, 5.41) is 3.41. The summed E-state index contributed by atoms with van der Waals surface area (Å²) in [6, 6.07) is 18.7. The normalized spacial score (nSPS) is 17.2. The van der Waals surface area contributed by atoms with E-state index in [-0.39, 0.29) is 30.1 Å². The molecule has 0 bridgehead atoms. The number of carbonyl (C=O) groups is 3. The van der Waals surface area contributed by atoms with Crippen LogP contribution in [0.2, 0.25) is 0 Å². The predicted octanol–water partition coefficient (Wildman–Crippen LogP) is 4.89. The average Bonchev–Trinajstić information content (AvgIpc) is 3.42. The zero-order chi connectivity index (χ0) is 31.1. The summed E-state index contributed by atoms with van der Waals surface area (Å²) in [6.45, 7) is 2.92. The molecule has 1 unspecified atom stereocenters. The van der Waals surface area contributed by atoms with Crippen LogP contribution < -0.4 is 9.62 Å². The molecule has 44 heavy (non-hydrogen) atoms. The summed E-state index contributed by atoms with van der Waals surface area (Å²) in [5.41, 5.74) is 5.81. The molecule has 4 aromatic rings. The molecule has 0 saturated carbocycles. The molecule has 10 heteroatoms. The van der Waals surface area contributed by atoms with E-state index >= 15 is 0 Å². The number of aliphatic imine (C=N–C) groups is 1. The van der Waals surface area contributed by atoms with Crippen LogP contribution in [0.1, 0.15) is 56.2 Å². The Kier molecular flexibility index (Phi) is 7.94. The molecule has 2 amide bonds. The van der Waals surface area contributed by atoms with E-state index in [0.717, 1.165) is 35.2 Å². The minimum atomic E-state index is -1.34. The molecule has 6 rings (SSSR count). The lowest BCUT2D eigenvalue weighted by atomic mass is 9.87. The molecule has 3 aromatic carbocycles. The van der Waals surface area contributed by atoms with Crippen molar-refractivity contribution >= 4 is 51.0 Å². The van der Waals surface area contributed by atoms with E-state index < -0.39 is 11.0 Å². The number of benzene rings is 3. The molecule has 1 fully saturated rings. The number of carbonyl (C=O) groups excluding carboxylic acids is 3. The Balaban J connectivity index is 1.43. The number of anilines is 1. The molecule has 1 aromatic heterocycles. The maximum absolute atomic E-state index is 13.9. The number of fused-ring (bicyclic) bond motifs is 2. The van der Waals surface area contributed by atoms with Gasteiger partial charge < -0.3 is 14.6 Å². The fourth-order valence-electron chi connectivity index (χ4n) is 6.15. The van der Waals surface area contributed by atoms with Crippen molar-refractivity contribution < 1.29 is 23.0 Å². The van der Waals surface area contributed by atoms with Gasteiger partial charge in [0.2, 0.25) is 0 Å². The van der Waals surface area contributed by atoms with Gasteiger partial charge in [0.15, 0.2) is 5.78 Å². The van der Waals surface area contributed by atoms with Gasteiger partial charge in [0, 0.05) is 67.5 Å². The van der Waals surface area contributed by atoms with Crippen LogP contribution in [-0.2, 0) is 15.8 Å². The zero-order valence-corrected chi connectivity index (χ0v) is 26.0. The molecule has 9 nitrogen and oxygen atoms in total. The number of nitrogens with one attached hydrogen (secondary N) is 1. The number of likely N-dealkylation sites (tertiary alicyclic amines) is 1. The van der Waals surface area contributed by atoms with Gasteiger partial charge in [-0.25, -0.2) is 4.21 Å². The van der Waals surface area contributed by atoms with Crippen molar-refractivity contribution in [2.45, 2.75) is 25.7 Å². The van der Waals surface area contributed by atoms with Crippen molar-refractivity contribution in [3.8, 4) is 11.3 Å². The standard InChI is InChI=1S/C34H34N4O5S/c1-20-11-13-21(14-12-20)32-30(33(40)35-2)26-16-25(27(17-29(26)43-32)37(3)44(4)42)22-8-7-15-38(19-22)34(41)31-24-10-6-5-9-23(24)28(39)18-36-31/h5-6,9-14,16-17,22H,7-8,15,18-19H2,1-4H3,(H,35,40)/t22-,44?/m0/s1. The highest BCUT2D eigenvalue weighted by Crippen LogP contribution is 2.41. The molecular formula is C34H34N4O5S. The van der Waals surface area contributed by atoms with E-state index in [0.29, 0.717) is 52.2 Å². The van der Waals surface area contributed by atoms with Crippen molar-refractivity contribution in [1.82, 2.24) is 10.2 Å². The number of piperidine rings is 1. The summed E-state index contributed by atoms with van der Waals surface area (Å²) in [6.07, 6.45) is 3.16. The van der Waals surface area contributed by atoms with E-state index in [4.69, 9.17) is 4.42 Å². The molecule has 2 atom stereocenters. The largest absolute Gasteiger partial charge is 0.455 e. The molecule has 0 spiro atoms. The smallest absolute Gasteiger partial charge is 0.272 e. The van der Waals surface area contributed by atoms with E-state index in [1.54, 1.807) is 53.8 Å². The van der Waals surface area contributed by atoms with E-state index in [1.165, 1.54) is 0 Å². The fourth-order valence-corrected chi connectivity index (χ4v) is 6.58. The molecule has 0 aliphatic carbocycles. The van der Waals surface area contributed by atoms with Gasteiger partial charge >= 0.3 is 0 Å². The Hall–Kier alpha value is -4.57. The number of rotatable bonds is 6. The second kappa shape index (κ2) is 11.8. The van der Waals surface area contributed by atoms with E-state index in [2.05, 4.69) is 10.3 Å². The van der Waals surface area contributed by atoms with Crippen LogP contribution in [0, 0.1) is 6.92 Å². The lowest BCUT2D eigenvalue weighted by Crippen LogP contribution is -2.44. The highest BCUT2D eigenvalue weighted by molar-refractivity contribution is 7.85. The number of hydrogen-bond donors (Lipinski definition) is 1. The maximum atomic E-state index is 13.9. The molecule has 1 saturated heterocycles. The average molecular weight is 611 g/mol. The van der Waals surface area contributed by atoms with Crippen LogP contribution in [-0.4, -0.2) is 72.4 Å². The lowest BCUT2D eigenvalue weighted by Gasteiger charge is -2.35. The Morgan fingerprint density at radius 3 is 2.52 bits per heavy atom. The van der Waals surface area contributed by atoms with Gasteiger partial charge in [-0.3, -0.25) is 23.7 Å². The first kappa shape index (κ1) is 29.5. The second-order valence-electron chi connectivity index (χ2n) is 11.3. The number of aryl methyl sites for hydroxylation is 1. The SMILES string of the molecule is CNC(=O)c1c(-c2ccc(C)cc2)oc2cc(N(C)S(C)=O)c([C@H]3CCCN(C(=O)C4=NCC(=O)c5ccccc54)C3)cc12. The first-order chi connectivity index (χ1) is 21.2. The number of hydrogen-bond acceptors (Lipinski definition) is 6. The van der Waals surface area contributed by atoms with Crippen LogP contribution in [0.3, 0.4) is 0 Å². The molecule has 0 radical (unpaired) electrons. The Labute approximate surface area is 258 Å². The van der Waals surface area contributed by atoms with Gasteiger partial charge in [-0.05, 0) is 31.4 Å². The van der Waals surface area contributed by atoms with Crippen molar-refractivity contribution in [2.24, 2.45) is 4.99 Å². The summed E-state index contributed by atoms with van der Waals surface area (Å²) in [7, 11) is 2.02. The molecule has 2 aliphatic rings. The minimum Gasteiger partial charge on any atom is -0.455 e. The maximum Gasteiger partial charge on any atom is 0.272 e. The van der Waals surface area contributed by atoms with Crippen molar-refractivity contribution in [3.05, 3.63) is 88.5 Å². The summed E-state index contributed by atoms with van der Waals surface area (Å²) in [4.78, 5) is 45.8. The Bertz CT molecular complexity index is 1860. The van der Waals surface area contributed by atoms with Gasteiger partial charge in [-0.15, -0.1) is 0 Å². The highest BCUT2D eigenvalue weighted by Gasteiger charge is 2.34. The van der Waals surface area contributed by atoms with Gasteiger partial charge in [-0.1, -0.05) is 54.1 Å². The first-order valence-electron chi connectivity index (χ1n) is 14.6. The van der Waals surface area contributed by atoms with Gasteiger partial charge in [0.1, 0.15) is 34.6 Å². The molecule has 3 heterocycles. The van der Waals surface area contributed by atoms with Crippen molar-refractivity contribution in [2.75, 3.05) is 44.3 Å². The predicted molar refractivity (Wildman–Crippen MR) is 173 cm³/mol. The zero-order valence-electron chi connectivity index (χ0n) is 25.2. The fraction of sp³-hybridized carbons (Fsp3) is 0.294. The number of furan rings is 1. The van der Waals surface area contributed by atoms with Crippen LogP contribution >= 0.6 is 0 Å². The van der Waals surface area contributed by atoms with Crippen LogP contribution in [0.25, 0.3) is 22.3 Å². The third-order valence-electron chi connectivity index (χ3n) is 8.54. The van der Waals surface area contributed by atoms with Crippen LogP contribution in [0.4, 0.5) is 5.69 Å². The lowest BCUT2D eigenvalue weighted by molar-refractivity contribution is -0.125. The summed E-state index contributed by atoms with van der Waals surface area (Å²) >= 11 is 0. The quantitative estimate of drug-likeness (QED) is 0.334. The molecule has 1 N–H and O–H groups in total. The van der Waals surface area contributed by atoms with E-state index in [9.17, 15) is 18.6 Å². The Morgan fingerprint density at radius 2 is 1.82 bits per heavy atom. The Morgan fingerprint density at radius 1 is 1.09 bits per heavy atom. The molecule has 2 aliphatic heterocycles. The first-order valence-corrected chi connectivity index (χ1v) is 16.1. The van der Waals surface area contributed by atoms with Crippen molar-refractivity contribution in [1.29, 1.82) is 0 Å². The van der Waals surface area contributed by atoms with Gasteiger partial charge in [0.25, 0.3) is 11.8 Å². The molecule has 226 valence electrons. The third-order valence-corrected chi connectivity index (χ3v) is 9.51. The van der Waals surface area contributed by atoms with Crippen LogP contribution in [0.5, 0.6) is 0 Å². The third kappa shape index (κ3) is 5.23. The van der Waals surface area contributed by atoms with E-state index in [1.807, 2.05) is 43.3 Å². The summed E-state index contributed by atoms with van der Waals surface area (Å²) < 4.78 is 20.8. The van der Waals surface area contributed by atoms with Gasteiger partial charge in [0.05, 0.1) is 11.3 Å². The number of Topliss-reactive ketones (excluding diaryl/α,β-unsaturated/α-hetero) is 1. The number of nitrogens with zero attached hydrogens (tertiary/aromatic N) is 3. The topological polar surface area (TPSA) is 112 Å². The van der Waals surface area contributed by atoms with Gasteiger partial charge in [-0.2, -0.15) is 0 Å². The number of ketones is 1. The molecular weight excluding hydrogens is 576 g/mol. The monoisotopic (exact) mass is 610 g/mol. The highest BCUT2D eigenvalue weighted by atomic mass is 32.2. The minimum absolute atomic E-state index is 0.0463. The summed E-state index contributed by atoms with van der Waals surface area (Å²) in [5.74, 6) is -0.212. The second-order valence-corrected chi connectivity index (χ2v) is 12.7. The number of amides is 2. The van der Waals surface area contributed by atoms with Crippen LogP contribution in [0.15, 0.2) is 70.1 Å². The van der Waals surface area contributed by atoms with Crippen molar-refractivity contribution in [3.63, 3.8) is 0 Å².